The Kier molecular flexibility index (Phi) is 3.85. The van der Waals surface area contributed by atoms with E-state index in [1.807, 2.05) is 6.08 Å². The number of phenols is 1. The molecule has 1 aliphatic carbocycles. The number of carbonyl (C=O) groups is 2. The first kappa shape index (κ1) is 13.1. The van der Waals surface area contributed by atoms with E-state index in [1.54, 1.807) is 24.3 Å². The van der Waals surface area contributed by atoms with E-state index in [4.69, 9.17) is 5.11 Å². The van der Waals surface area contributed by atoms with Crippen molar-refractivity contribution >= 4 is 17.6 Å². The molecule has 0 aromatic heterocycles. The highest BCUT2D eigenvalue weighted by Crippen LogP contribution is 2.29. The van der Waals surface area contributed by atoms with Gasteiger partial charge in [-0.3, -0.25) is 9.59 Å². The van der Waals surface area contributed by atoms with Crippen LogP contribution in [0.2, 0.25) is 0 Å². The van der Waals surface area contributed by atoms with Crippen LogP contribution in [0, 0.1) is 11.8 Å². The predicted molar refractivity (Wildman–Crippen MR) is 69.7 cm³/mol. The van der Waals surface area contributed by atoms with Crippen molar-refractivity contribution in [3.8, 4) is 5.75 Å². The van der Waals surface area contributed by atoms with Crippen LogP contribution in [0.4, 0.5) is 5.69 Å². The zero-order valence-electron chi connectivity index (χ0n) is 10.2. The third-order valence-corrected chi connectivity index (χ3v) is 3.25. The molecule has 1 aromatic rings. The number of aliphatic carboxylic acids is 1. The lowest BCUT2D eigenvalue weighted by molar-refractivity contribution is -0.146. The van der Waals surface area contributed by atoms with Gasteiger partial charge in [-0.25, -0.2) is 0 Å². The Morgan fingerprint density at radius 2 is 1.74 bits per heavy atom. The van der Waals surface area contributed by atoms with Crippen LogP contribution < -0.4 is 5.32 Å². The highest BCUT2D eigenvalue weighted by Gasteiger charge is 2.34. The average molecular weight is 261 g/mol. The molecule has 0 unspecified atom stereocenters. The Balaban J connectivity index is 2.13. The molecule has 2 rings (SSSR count). The molecule has 0 aliphatic heterocycles. The molecule has 100 valence electrons. The molecule has 0 fully saturated rings. The van der Waals surface area contributed by atoms with E-state index >= 15 is 0 Å². The summed E-state index contributed by atoms with van der Waals surface area (Å²) >= 11 is 0. The molecule has 0 saturated heterocycles. The molecule has 0 radical (unpaired) electrons. The van der Waals surface area contributed by atoms with Crippen LogP contribution >= 0.6 is 0 Å². The van der Waals surface area contributed by atoms with E-state index in [0.29, 0.717) is 18.5 Å². The highest BCUT2D eigenvalue weighted by atomic mass is 16.4. The van der Waals surface area contributed by atoms with Crippen LogP contribution in [0.15, 0.2) is 36.4 Å². The van der Waals surface area contributed by atoms with Crippen molar-refractivity contribution < 1.29 is 19.8 Å². The molecule has 19 heavy (non-hydrogen) atoms. The van der Waals surface area contributed by atoms with Crippen LogP contribution in [-0.2, 0) is 9.59 Å². The van der Waals surface area contributed by atoms with Gasteiger partial charge in [0.2, 0.25) is 5.91 Å². The number of carboxylic acids is 1. The fraction of sp³-hybridized carbons (Fsp3) is 0.286. The number of hydrogen-bond donors (Lipinski definition) is 3. The predicted octanol–water partition coefficient (Wildman–Crippen LogP) is 2.00. The molecule has 0 heterocycles. The molecular formula is C14H15NO4. The minimum Gasteiger partial charge on any atom is -0.506 e. The van der Waals surface area contributed by atoms with Crippen LogP contribution in [0.5, 0.6) is 5.75 Å². The van der Waals surface area contributed by atoms with Gasteiger partial charge < -0.3 is 15.5 Å². The second-order valence-electron chi connectivity index (χ2n) is 4.50. The highest BCUT2D eigenvalue weighted by molar-refractivity contribution is 5.96. The fourth-order valence-electron chi connectivity index (χ4n) is 2.18. The van der Waals surface area contributed by atoms with Gasteiger partial charge in [0.1, 0.15) is 5.75 Å². The Morgan fingerprint density at radius 1 is 1.11 bits per heavy atom. The number of allylic oxidation sites excluding steroid dienone is 2. The minimum atomic E-state index is -0.971. The molecule has 1 aromatic carbocycles. The fourth-order valence-corrected chi connectivity index (χ4v) is 2.18. The van der Waals surface area contributed by atoms with Gasteiger partial charge in [-0.15, -0.1) is 0 Å². The van der Waals surface area contributed by atoms with Gasteiger partial charge in [-0.05, 0) is 25.0 Å². The summed E-state index contributed by atoms with van der Waals surface area (Å²) < 4.78 is 0. The standard InChI is InChI=1S/C14H15NO4/c16-12-8-4-3-7-11(12)15-13(17)9-5-1-2-6-10(9)14(18)19/h1-4,7-10,16H,5-6H2,(H,15,17)(H,18,19)/t9-,10+/m0/s1. The van der Waals surface area contributed by atoms with Crippen LogP contribution in [0.3, 0.4) is 0 Å². The van der Waals surface area contributed by atoms with E-state index in [-0.39, 0.29) is 11.7 Å². The summed E-state index contributed by atoms with van der Waals surface area (Å²) in [5, 5.41) is 21.3. The summed E-state index contributed by atoms with van der Waals surface area (Å²) in [6.07, 6.45) is 4.35. The topological polar surface area (TPSA) is 86.6 Å². The molecule has 1 amide bonds. The maximum absolute atomic E-state index is 12.1. The lowest BCUT2D eigenvalue weighted by Crippen LogP contribution is -2.34. The Hall–Kier alpha value is -2.30. The Morgan fingerprint density at radius 3 is 2.37 bits per heavy atom. The first-order valence-electron chi connectivity index (χ1n) is 6.06. The first-order chi connectivity index (χ1) is 9.09. The second-order valence-corrected chi connectivity index (χ2v) is 4.50. The largest absolute Gasteiger partial charge is 0.506 e. The molecule has 0 bridgehead atoms. The monoisotopic (exact) mass is 261 g/mol. The zero-order chi connectivity index (χ0) is 13.8. The van der Waals surface area contributed by atoms with E-state index < -0.39 is 17.8 Å². The molecule has 5 heteroatoms. The number of amides is 1. The summed E-state index contributed by atoms with van der Waals surface area (Å²) in [6, 6.07) is 6.37. The minimum absolute atomic E-state index is 0.0333. The number of aromatic hydroxyl groups is 1. The van der Waals surface area contributed by atoms with Gasteiger partial charge in [0, 0.05) is 0 Å². The third kappa shape index (κ3) is 2.93. The van der Waals surface area contributed by atoms with Crippen molar-refractivity contribution in [1.82, 2.24) is 0 Å². The summed E-state index contributed by atoms with van der Waals surface area (Å²) in [5.41, 5.74) is 0.297. The number of rotatable bonds is 3. The van der Waals surface area contributed by atoms with Gasteiger partial charge >= 0.3 is 5.97 Å². The number of carbonyl (C=O) groups excluding carboxylic acids is 1. The van der Waals surface area contributed by atoms with E-state index in [2.05, 4.69) is 5.32 Å². The molecule has 2 atom stereocenters. The maximum atomic E-state index is 12.1. The van der Waals surface area contributed by atoms with Crippen LogP contribution in [0.25, 0.3) is 0 Å². The zero-order valence-corrected chi connectivity index (χ0v) is 10.2. The maximum Gasteiger partial charge on any atom is 0.307 e. The van der Waals surface area contributed by atoms with Gasteiger partial charge in [0.25, 0.3) is 0 Å². The quantitative estimate of drug-likeness (QED) is 0.573. The number of carboxylic acid groups (broad SMARTS) is 1. The number of anilines is 1. The summed E-state index contributed by atoms with van der Waals surface area (Å²) in [6.45, 7) is 0. The van der Waals surface area contributed by atoms with Crippen molar-refractivity contribution in [1.29, 1.82) is 0 Å². The summed E-state index contributed by atoms with van der Waals surface area (Å²) in [4.78, 5) is 23.2. The van der Waals surface area contributed by atoms with E-state index in [9.17, 15) is 14.7 Å². The van der Waals surface area contributed by atoms with Gasteiger partial charge in [0.05, 0.1) is 17.5 Å². The van der Waals surface area contributed by atoms with E-state index in [0.717, 1.165) is 0 Å². The molecule has 3 N–H and O–H groups in total. The number of nitrogens with one attached hydrogen (secondary N) is 1. The lowest BCUT2D eigenvalue weighted by Gasteiger charge is -2.24. The summed E-state index contributed by atoms with van der Waals surface area (Å²) in [7, 11) is 0. The van der Waals surface area contributed by atoms with Crippen molar-refractivity contribution in [3.05, 3.63) is 36.4 Å². The van der Waals surface area contributed by atoms with Crippen molar-refractivity contribution in [3.63, 3.8) is 0 Å². The number of phenolic OH excluding ortho intramolecular Hbond substituents is 1. The number of para-hydroxylation sites is 2. The van der Waals surface area contributed by atoms with Crippen molar-refractivity contribution in [2.24, 2.45) is 11.8 Å². The van der Waals surface area contributed by atoms with E-state index in [1.165, 1.54) is 6.07 Å². The molecular weight excluding hydrogens is 246 g/mol. The molecule has 1 aliphatic rings. The lowest BCUT2D eigenvalue weighted by atomic mass is 9.82. The first-order valence-corrected chi connectivity index (χ1v) is 6.06. The second kappa shape index (κ2) is 5.56. The number of hydrogen-bond acceptors (Lipinski definition) is 3. The normalized spacial score (nSPS) is 21.9. The molecule has 5 nitrogen and oxygen atoms in total. The third-order valence-electron chi connectivity index (χ3n) is 3.25. The number of benzene rings is 1. The molecule has 0 spiro atoms. The SMILES string of the molecule is O=C(Nc1ccccc1O)[C@H]1CC=CC[C@H]1C(=O)O. The van der Waals surface area contributed by atoms with Crippen molar-refractivity contribution in [2.45, 2.75) is 12.8 Å². The van der Waals surface area contributed by atoms with Gasteiger partial charge in [-0.1, -0.05) is 24.3 Å². The van der Waals surface area contributed by atoms with Crippen LogP contribution in [-0.4, -0.2) is 22.1 Å². The Bertz CT molecular complexity index is 524. The van der Waals surface area contributed by atoms with Gasteiger partial charge in [0.15, 0.2) is 0 Å². The average Bonchev–Trinajstić information content (AvgIpc) is 2.41. The smallest absolute Gasteiger partial charge is 0.307 e. The van der Waals surface area contributed by atoms with Crippen LogP contribution in [0.1, 0.15) is 12.8 Å². The molecule has 0 saturated carbocycles. The van der Waals surface area contributed by atoms with Crippen molar-refractivity contribution in [2.75, 3.05) is 5.32 Å². The summed E-state index contributed by atoms with van der Waals surface area (Å²) in [5.74, 6) is -2.70. The van der Waals surface area contributed by atoms with Gasteiger partial charge in [-0.2, -0.15) is 0 Å². The Labute approximate surface area is 110 Å².